The molecule has 7 aromatic rings. The van der Waals surface area contributed by atoms with Gasteiger partial charge in [-0.15, -0.1) is 0 Å². The number of hydrogen-bond acceptors (Lipinski definition) is 17. The van der Waals surface area contributed by atoms with Crippen LogP contribution >= 0.6 is 0 Å². The number of aliphatic hydroxyl groups is 1. The molecular formula is C75H71F10N5O12S3. The average Bonchev–Trinajstić information content (AvgIpc) is 1.68. The van der Waals surface area contributed by atoms with Gasteiger partial charge >= 0.3 is 0 Å². The van der Waals surface area contributed by atoms with E-state index in [1.165, 1.54) is 20.3 Å². The number of rotatable bonds is 16. The summed E-state index contributed by atoms with van der Waals surface area (Å²) >= 11 is 0. The van der Waals surface area contributed by atoms with Gasteiger partial charge in [0, 0.05) is 93.2 Å². The first-order valence-corrected chi connectivity index (χ1v) is 38.8. The van der Waals surface area contributed by atoms with Gasteiger partial charge in [0.05, 0.1) is 63.2 Å². The number of fused-ring (bicyclic) bond motifs is 6. The van der Waals surface area contributed by atoms with E-state index in [9.17, 15) is 72.5 Å². The molecule has 0 aliphatic heterocycles. The van der Waals surface area contributed by atoms with E-state index in [2.05, 4.69) is 5.32 Å². The first-order valence-electron chi connectivity index (χ1n) is 33.1. The third kappa shape index (κ3) is 15.0. The van der Waals surface area contributed by atoms with Crippen LogP contribution in [0.25, 0.3) is 0 Å². The smallest absolute Gasteiger partial charge is 0.178 e. The normalized spacial score (nSPS) is 23.4. The Hall–Kier alpha value is -8.64. The van der Waals surface area contributed by atoms with Crippen LogP contribution in [0.4, 0.5) is 55.3 Å². The van der Waals surface area contributed by atoms with Crippen molar-refractivity contribution in [2.24, 2.45) is 0 Å². The van der Waals surface area contributed by atoms with Crippen molar-refractivity contribution in [2.45, 2.75) is 152 Å². The number of halogens is 10. The molecule has 0 saturated heterocycles. The molecule has 30 heteroatoms. The van der Waals surface area contributed by atoms with E-state index in [4.69, 9.17) is 29.4 Å². The number of sulfone groups is 3. The Morgan fingerprint density at radius 1 is 0.486 bits per heavy atom. The Labute approximate surface area is 600 Å². The molecule has 6 aliphatic rings. The van der Waals surface area contributed by atoms with Crippen molar-refractivity contribution < 1.29 is 97.9 Å². The lowest BCUT2D eigenvalue weighted by Gasteiger charge is -2.32. The second-order valence-corrected chi connectivity index (χ2v) is 32.6. The van der Waals surface area contributed by atoms with Gasteiger partial charge in [-0.3, -0.25) is 0 Å². The predicted molar refractivity (Wildman–Crippen MR) is 364 cm³/mol. The minimum absolute atomic E-state index is 0.00647. The number of aliphatic hydroxyl groups excluding tert-OH is 1. The van der Waals surface area contributed by atoms with Gasteiger partial charge in [-0.2, -0.15) is 15.8 Å². The maximum Gasteiger partial charge on any atom is 0.178 e. The van der Waals surface area contributed by atoms with E-state index in [-0.39, 0.29) is 166 Å². The highest BCUT2D eigenvalue weighted by molar-refractivity contribution is 7.91. The molecule has 0 spiro atoms. The van der Waals surface area contributed by atoms with Gasteiger partial charge < -0.3 is 39.8 Å². The molecule has 105 heavy (non-hydrogen) atoms. The highest BCUT2D eigenvalue weighted by Gasteiger charge is 2.47. The van der Waals surface area contributed by atoms with Gasteiger partial charge in [-0.05, 0) is 178 Å². The maximum absolute atomic E-state index is 15.7. The molecule has 0 saturated carbocycles. The largest absolute Gasteiger partial charge is 0.497 e. The lowest BCUT2D eigenvalue weighted by Crippen LogP contribution is -2.19. The van der Waals surface area contributed by atoms with Gasteiger partial charge in [0.25, 0.3) is 0 Å². The van der Waals surface area contributed by atoms with Crippen LogP contribution in [0, 0.1) is 57.3 Å². The van der Waals surface area contributed by atoms with Crippen LogP contribution in [0.15, 0.2) is 93.5 Å². The summed E-state index contributed by atoms with van der Waals surface area (Å²) in [5.74, 6) is -4.59. The Morgan fingerprint density at radius 3 is 1.26 bits per heavy atom. The first kappa shape index (κ1) is 77.5. The van der Waals surface area contributed by atoms with Crippen molar-refractivity contribution in [3.8, 4) is 24.0 Å². The molecule has 0 bridgehead atoms. The van der Waals surface area contributed by atoms with E-state index >= 15 is 17.6 Å². The highest BCUT2D eigenvalue weighted by Crippen LogP contribution is 2.55. The van der Waals surface area contributed by atoms with Crippen LogP contribution in [-0.2, 0) is 74.3 Å². The van der Waals surface area contributed by atoms with Crippen molar-refractivity contribution in [3.05, 3.63) is 208 Å². The molecule has 0 unspecified atom stereocenters. The molecule has 6 aliphatic carbocycles. The third-order valence-corrected chi connectivity index (χ3v) is 23.7. The van der Waals surface area contributed by atoms with Gasteiger partial charge in [-0.25, -0.2) is 69.2 Å². The average molecular weight is 1520 g/mol. The van der Waals surface area contributed by atoms with Crippen molar-refractivity contribution in [3.63, 3.8) is 0 Å². The minimum Gasteiger partial charge on any atom is -0.497 e. The zero-order valence-electron chi connectivity index (χ0n) is 57.3. The first-order chi connectivity index (χ1) is 49.7. The number of nitrogens with zero attached hydrogens (tertiary/aromatic N) is 3. The van der Waals surface area contributed by atoms with Crippen LogP contribution in [-0.4, -0.2) is 103 Å². The van der Waals surface area contributed by atoms with Crippen molar-refractivity contribution in [2.75, 3.05) is 64.7 Å². The van der Waals surface area contributed by atoms with E-state index in [0.29, 0.717) is 39.1 Å². The number of methoxy groups -OCH3 is 3. The van der Waals surface area contributed by atoms with E-state index in [1.54, 1.807) is 25.3 Å². The molecule has 17 nitrogen and oxygen atoms in total. The van der Waals surface area contributed by atoms with E-state index in [1.807, 2.05) is 30.3 Å². The monoisotopic (exact) mass is 1520 g/mol. The molecule has 0 fully saturated rings. The Kier molecular flexibility index (Phi) is 22.6. The number of ether oxygens (including phenoxy) is 5. The summed E-state index contributed by atoms with van der Waals surface area (Å²) in [5, 5.41) is 42.5. The zero-order valence-corrected chi connectivity index (χ0v) is 59.7. The summed E-state index contributed by atoms with van der Waals surface area (Å²) in [4.78, 5) is -1.05. The SMILES string of the molecule is COCO[C@H]1c2c(c([C@H]3CC[C@H](F)c4cc(F)cc(C#N)c43)cc(F)c2S(C)(=O)=O)C[C@H]1F.COCO[C@H]1c2c(c([C@H]3CC[C@H](F)c4cc(F)cc(C#N)c43)cc(NCc3ccc(OC)cc3)c2S(C)(=O)=O)C[C@H]1F.CS(=O)(=O)c1c(N)cc([C@H]2CC[C@H](F)c3cc(F)cc(C#N)c32)c2c1[C@H](O)[C@H](F)C2. The fraction of sp³-hybridized carbons (Fsp3) is 0.400. The summed E-state index contributed by atoms with van der Waals surface area (Å²) in [6.45, 7) is -0.372. The number of nitrogens with one attached hydrogen (secondary N) is 1. The summed E-state index contributed by atoms with van der Waals surface area (Å²) in [7, 11) is -7.64. The Balaban J connectivity index is 0.000000160. The molecular weight excluding hydrogens is 1450 g/mol. The molecule has 13 rings (SSSR count). The van der Waals surface area contributed by atoms with Gasteiger partial charge in [0.15, 0.2) is 29.5 Å². The second kappa shape index (κ2) is 30.7. The third-order valence-electron chi connectivity index (χ3n) is 20.1. The number of nitrogens with two attached hydrogens (primary N) is 1. The molecule has 0 radical (unpaired) electrons. The minimum atomic E-state index is -4.10. The standard InChI is InChI=1S/C31H31F3N2O5S.C23H21F4NO4S.C21H19F3N2O3S/c1-39-16-41-30-26(34)12-23-22(21-8-9-25(33)24-11-19(32)10-18(14-35)28(21)24)13-27(31(29(23)30)42(3,37)38)36-15-17-4-6-20(40-2)7-5-17;1-31-10-32-22-18(26)8-15-14(7-19(27)23(21(15)22)33(2,29)30)13-3-4-17(25)16-6-12(24)5-11(9-28)20(13)16;1-30(28,29)21-17(26)7-12(13-6-16(24)20(27)19(13)21)11-2-3-15(23)14-5-10(22)4-9(8-25)18(11)14/h4-7,10-11,13,21,25-26,30,36H,8-9,12,15-16H2,1-3H3;5-7,13,17-18,22H,3-4,8,10H2,1-2H3;4-5,7,11,15-16,20,27H,2-3,6,26H2,1H3/t21-,25+,26-,30-;13-,17+,18-,22-;11-,15+,16-,20-/m111/s1. The zero-order chi connectivity index (χ0) is 76.2. The molecule has 7 aromatic carbocycles. The van der Waals surface area contributed by atoms with Crippen molar-refractivity contribution in [1.82, 2.24) is 0 Å². The van der Waals surface area contributed by atoms with Crippen LogP contribution in [0.5, 0.6) is 5.75 Å². The van der Waals surface area contributed by atoms with Gasteiger partial charge in [0.1, 0.15) is 103 Å². The van der Waals surface area contributed by atoms with Crippen LogP contribution in [0.3, 0.4) is 0 Å². The molecule has 0 heterocycles. The lowest BCUT2D eigenvalue weighted by atomic mass is 9.74. The van der Waals surface area contributed by atoms with E-state index < -0.39 is 131 Å². The van der Waals surface area contributed by atoms with Crippen molar-refractivity contribution >= 4 is 40.9 Å². The number of nitriles is 3. The fourth-order valence-corrected chi connectivity index (χ4v) is 19.4. The second-order valence-electron chi connectivity index (χ2n) is 26.8. The topological polar surface area (TPSA) is 278 Å². The van der Waals surface area contributed by atoms with Crippen molar-refractivity contribution in [1.29, 1.82) is 15.8 Å². The Bertz CT molecular complexity index is 5100. The molecule has 556 valence electrons. The number of benzene rings is 7. The number of anilines is 2. The summed E-state index contributed by atoms with van der Waals surface area (Å²) in [6.07, 6.45) is -10.7. The number of hydrogen-bond donors (Lipinski definition) is 3. The van der Waals surface area contributed by atoms with E-state index in [0.717, 1.165) is 66.8 Å². The number of alkyl halides is 6. The van der Waals surface area contributed by atoms with Crippen LogP contribution < -0.4 is 15.8 Å². The Morgan fingerprint density at radius 2 is 0.867 bits per heavy atom. The molecule has 0 amide bonds. The molecule has 0 aromatic heterocycles. The highest BCUT2D eigenvalue weighted by atomic mass is 32.2. The lowest BCUT2D eigenvalue weighted by molar-refractivity contribution is -0.0940. The molecule has 4 N–H and O–H groups in total. The maximum atomic E-state index is 15.7. The summed E-state index contributed by atoms with van der Waals surface area (Å²) < 4.78 is 249. The quantitative estimate of drug-likeness (QED) is 0.0460. The van der Waals surface area contributed by atoms with Gasteiger partial charge in [0.2, 0.25) is 0 Å². The fourth-order valence-electron chi connectivity index (χ4n) is 16.0. The number of nitrogen functional groups attached to an aromatic ring is 1. The van der Waals surface area contributed by atoms with Crippen LogP contribution in [0.1, 0.15) is 199 Å². The summed E-state index contributed by atoms with van der Waals surface area (Å²) in [6, 6.07) is 23.3. The van der Waals surface area contributed by atoms with Gasteiger partial charge in [-0.1, -0.05) is 12.1 Å². The predicted octanol–water partition coefficient (Wildman–Crippen LogP) is 14.5. The summed E-state index contributed by atoms with van der Waals surface area (Å²) in [5.41, 5.74) is 9.95. The van der Waals surface area contributed by atoms with Crippen LogP contribution in [0.2, 0.25) is 0 Å². The molecule has 12 atom stereocenters.